The first-order valence-electron chi connectivity index (χ1n) is 8.44. The van der Waals surface area contributed by atoms with Gasteiger partial charge in [0.1, 0.15) is 0 Å². The summed E-state index contributed by atoms with van der Waals surface area (Å²) >= 11 is 0. The number of rotatable bonds is 2. The van der Waals surface area contributed by atoms with Gasteiger partial charge in [-0.1, -0.05) is 18.2 Å². The molecule has 0 bridgehead atoms. The molecule has 0 radical (unpaired) electrons. The number of nitrogens with zero attached hydrogens (tertiary/aromatic N) is 3. The summed E-state index contributed by atoms with van der Waals surface area (Å²) in [5, 5.41) is 0. The maximum atomic E-state index is 12.9. The van der Waals surface area contributed by atoms with Crippen LogP contribution in [0.5, 0.6) is 0 Å². The third kappa shape index (κ3) is 3.39. The first kappa shape index (κ1) is 16.0. The van der Waals surface area contributed by atoms with Gasteiger partial charge in [-0.25, -0.2) is 0 Å². The van der Waals surface area contributed by atoms with E-state index in [2.05, 4.69) is 24.0 Å². The van der Waals surface area contributed by atoms with Gasteiger partial charge < -0.3 is 9.80 Å². The van der Waals surface area contributed by atoms with Gasteiger partial charge in [-0.3, -0.25) is 14.5 Å². The van der Waals surface area contributed by atoms with E-state index < -0.39 is 0 Å². The summed E-state index contributed by atoms with van der Waals surface area (Å²) in [5.74, 6) is 0.287. The first-order valence-corrected chi connectivity index (χ1v) is 8.44. The van der Waals surface area contributed by atoms with Crippen molar-refractivity contribution in [1.29, 1.82) is 0 Å². The van der Waals surface area contributed by atoms with Crippen molar-refractivity contribution in [3.8, 4) is 0 Å². The fourth-order valence-corrected chi connectivity index (χ4v) is 3.56. The molecule has 1 aromatic rings. The van der Waals surface area contributed by atoms with Crippen LogP contribution >= 0.6 is 0 Å². The molecule has 1 fully saturated rings. The maximum Gasteiger partial charge on any atom is 0.241 e. The highest BCUT2D eigenvalue weighted by Crippen LogP contribution is 2.30. The van der Waals surface area contributed by atoms with Gasteiger partial charge in [-0.2, -0.15) is 0 Å². The minimum atomic E-state index is 0.120. The second-order valence-corrected chi connectivity index (χ2v) is 6.56. The number of hydrogen-bond acceptors (Lipinski definition) is 3. The molecule has 0 unspecified atom stereocenters. The van der Waals surface area contributed by atoms with Gasteiger partial charge in [0.05, 0.1) is 6.54 Å². The zero-order valence-corrected chi connectivity index (χ0v) is 14.0. The molecule has 0 N–H and O–H groups in total. The molecular weight excluding hydrogens is 290 g/mol. The Labute approximate surface area is 137 Å². The van der Waals surface area contributed by atoms with Gasteiger partial charge in [-0.15, -0.1) is 0 Å². The number of piperazine rings is 1. The molecule has 1 aromatic carbocycles. The van der Waals surface area contributed by atoms with Gasteiger partial charge in [0.25, 0.3) is 0 Å². The van der Waals surface area contributed by atoms with Crippen LogP contribution in [0.15, 0.2) is 24.3 Å². The molecule has 0 aliphatic carbocycles. The molecule has 3 rings (SSSR count). The van der Waals surface area contributed by atoms with Gasteiger partial charge in [-0.05, 0) is 31.4 Å². The third-order valence-electron chi connectivity index (χ3n) is 4.97. The Kier molecular flexibility index (Phi) is 4.66. The Bertz CT molecular complexity index is 594. The van der Waals surface area contributed by atoms with Crippen molar-refractivity contribution >= 4 is 17.5 Å². The first-order chi connectivity index (χ1) is 11.1. The number of carbonyl (C=O) groups is 2. The molecule has 124 valence electrons. The molecule has 0 spiro atoms. The van der Waals surface area contributed by atoms with Crippen molar-refractivity contribution in [3.05, 3.63) is 29.8 Å². The van der Waals surface area contributed by atoms with E-state index in [1.807, 2.05) is 21.9 Å². The van der Waals surface area contributed by atoms with Crippen molar-refractivity contribution in [2.75, 3.05) is 37.6 Å². The second-order valence-electron chi connectivity index (χ2n) is 6.56. The quantitative estimate of drug-likeness (QED) is 0.831. The molecule has 0 saturated carbocycles. The van der Waals surface area contributed by atoms with Crippen molar-refractivity contribution in [1.82, 2.24) is 9.80 Å². The SMILES string of the molecule is CC(=O)N1CCN(CC(=O)N2c3ccccc3CC[C@@H]2C)CC1. The minimum absolute atomic E-state index is 0.120. The highest BCUT2D eigenvalue weighted by molar-refractivity contribution is 5.96. The lowest BCUT2D eigenvalue weighted by molar-refractivity contribution is -0.130. The lowest BCUT2D eigenvalue weighted by Gasteiger charge is -2.38. The summed E-state index contributed by atoms with van der Waals surface area (Å²) in [4.78, 5) is 30.2. The summed E-state index contributed by atoms with van der Waals surface area (Å²) < 4.78 is 0. The van der Waals surface area contributed by atoms with E-state index in [1.165, 1.54) is 5.56 Å². The van der Waals surface area contributed by atoms with Gasteiger partial charge in [0.2, 0.25) is 11.8 Å². The molecule has 1 saturated heterocycles. The van der Waals surface area contributed by atoms with Gasteiger partial charge in [0.15, 0.2) is 0 Å². The lowest BCUT2D eigenvalue weighted by atomic mass is 9.96. The zero-order valence-electron chi connectivity index (χ0n) is 14.0. The predicted molar refractivity (Wildman–Crippen MR) is 90.4 cm³/mol. The van der Waals surface area contributed by atoms with Crippen LogP contribution in [-0.4, -0.2) is 60.4 Å². The second kappa shape index (κ2) is 6.71. The number of aryl methyl sites for hydroxylation is 1. The minimum Gasteiger partial charge on any atom is -0.340 e. The molecule has 2 aliphatic rings. The van der Waals surface area contributed by atoms with E-state index in [1.54, 1.807) is 6.92 Å². The lowest BCUT2D eigenvalue weighted by Crippen LogP contribution is -2.52. The van der Waals surface area contributed by atoms with Crippen LogP contribution in [0.25, 0.3) is 0 Å². The number of amides is 2. The van der Waals surface area contributed by atoms with E-state index in [0.717, 1.165) is 44.7 Å². The standard InChI is InChI=1S/C18H25N3O2/c1-14-7-8-16-5-3-4-6-17(16)21(14)18(23)13-19-9-11-20(12-10-19)15(2)22/h3-6,14H,7-13H2,1-2H3/t14-/m0/s1. The fourth-order valence-electron chi connectivity index (χ4n) is 3.56. The monoisotopic (exact) mass is 315 g/mol. The summed E-state index contributed by atoms with van der Waals surface area (Å²) in [6.07, 6.45) is 2.05. The van der Waals surface area contributed by atoms with Crippen molar-refractivity contribution < 1.29 is 9.59 Å². The Morgan fingerprint density at radius 2 is 1.83 bits per heavy atom. The smallest absolute Gasteiger partial charge is 0.241 e. The zero-order chi connectivity index (χ0) is 16.4. The van der Waals surface area contributed by atoms with Crippen molar-refractivity contribution in [2.45, 2.75) is 32.7 Å². The summed E-state index contributed by atoms with van der Waals surface area (Å²) in [6.45, 7) is 7.15. The van der Waals surface area contributed by atoms with Crippen LogP contribution < -0.4 is 4.90 Å². The predicted octanol–water partition coefficient (Wildman–Crippen LogP) is 1.52. The molecular formula is C18H25N3O2. The molecule has 2 aliphatic heterocycles. The topological polar surface area (TPSA) is 43.9 Å². The van der Waals surface area contributed by atoms with Crippen LogP contribution in [-0.2, 0) is 16.0 Å². The normalized spacial score (nSPS) is 21.9. The number of carbonyl (C=O) groups excluding carboxylic acids is 2. The Morgan fingerprint density at radius 3 is 2.52 bits per heavy atom. The highest BCUT2D eigenvalue weighted by Gasteiger charge is 2.29. The number of fused-ring (bicyclic) bond motifs is 1. The average Bonchev–Trinajstić information content (AvgIpc) is 2.55. The summed E-state index contributed by atoms with van der Waals surface area (Å²) in [6, 6.07) is 8.46. The van der Waals surface area contributed by atoms with E-state index in [0.29, 0.717) is 6.54 Å². The summed E-state index contributed by atoms with van der Waals surface area (Å²) in [5.41, 5.74) is 2.33. The van der Waals surface area contributed by atoms with E-state index >= 15 is 0 Å². The number of benzene rings is 1. The van der Waals surface area contributed by atoms with Crippen LogP contribution in [0.2, 0.25) is 0 Å². The number of anilines is 1. The van der Waals surface area contributed by atoms with Gasteiger partial charge >= 0.3 is 0 Å². The summed E-state index contributed by atoms with van der Waals surface area (Å²) in [7, 11) is 0. The van der Waals surface area contributed by atoms with Crippen molar-refractivity contribution in [3.63, 3.8) is 0 Å². The van der Waals surface area contributed by atoms with E-state index in [-0.39, 0.29) is 17.9 Å². The molecule has 1 atom stereocenters. The maximum absolute atomic E-state index is 12.9. The Morgan fingerprint density at radius 1 is 1.13 bits per heavy atom. The largest absolute Gasteiger partial charge is 0.340 e. The molecule has 2 heterocycles. The fraction of sp³-hybridized carbons (Fsp3) is 0.556. The molecule has 0 aromatic heterocycles. The van der Waals surface area contributed by atoms with Crippen LogP contribution in [0.3, 0.4) is 0 Å². The average molecular weight is 315 g/mol. The van der Waals surface area contributed by atoms with E-state index in [4.69, 9.17) is 0 Å². The number of hydrogen-bond donors (Lipinski definition) is 0. The Balaban J connectivity index is 1.66. The molecule has 5 nitrogen and oxygen atoms in total. The Hall–Kier alpha value is -1.88. The molecule has 5 heteroatoms. The third-order valence-corrected chi connectivity index (χ3v) is 4.97. The van der Waals surface area contributed by atoms with Crippen molar-refractivity contribution in [2.24, 2.45) is 0 Å². The van der Waals surface area contributed by atoms with Crippen LogP contribution in [0.4, 0.5) is 5.69 Å². The van der Waals surface area contributed by atoms with Gasteiger partial charge in [0, 0.05) is 44.8 Å². The van der Waals surface area contributed by atoms with Crippen LogP contribution in [0, 0.1) is 0 Å². The molecule has 23 heavy (non-hydrogen) atoms. The number of para-hydroxylation sites is 1. The highest BCUT2D eigenvalue weighted by atomic mass is 16.2. The van der Waals surface area contributed by atoms with E-state index in [9.17, 15) is 9.59 Å². The van der Waals surface area contributed by atoms with Crippen LogP contribution in [0.1, 0.15) is 25.8 Å². The molecule has 2 amide bonds.